The Balaban J connectivity index is 0.00000320. The normalized spacial score (nSPS) is 15.9. The molecule has 9 heteroatoms. The molecule has 0 radical (unpaired) electrons. The van der Waals surface area contributed by atoms with Gasteiger partial charge in [0.2, 0.25) is 0 Å². The molecule has 0 aliphatic carbocycles. The van der Waals surface area contributed by atoms with Gasteiger partial charge in [0.25, 0.3) is 0 Å². The molecule has 1 saturated heterocycles. The summed E-state index contributed by atoms with van der Waals surface area (Å²) in [6, 6.07) is 6.62. The molecule has 1 atom stereocenters. The van der Waals surface area contributed by atoms with E-state index in [4.69, 9.17) is 16.1 Å². The lowest BCUT2D eigenvalue weighted by Gasteiger charge is -2.29. The highest BCUT2D eigenvalue weighted by molar-refractivity contribution is 14.0. The van der Waals surface area contributed by atoms with E-state index in [0.29, 0.717) is 35.6 Å². The number of aliphatic imine (C=N–C) groups is 1. The number of aromatic nitrogens is 1. The average Bonchev–Trinajstić information content (AvgIpc) is 3.38. The highest BCUT2D eigenvalue weighted by Gasteiger charge is 2.27. The molecule has 1 aliphatic heterocycles. The molecule has 0 saturated carbocycles. The van der Waals surface area contributed by atoms with E-state index in [1.807, 2.05) is 6.07 Å². The number of halogens is 3. The number of nitrogens with zero attached hydrogens (tertiary/aromatic N) is 3. The Hall–Kier alpha value is -1.39. The fourth-order valence-electron chi connectivity index (χ4n) is 3.57. The molecule has 0 spiro atoms. The van der Waals surface area contributed by atoms with E-state index in [1.54, 1.807) is 19.2 Å². The molecule has 1 aliphatic rings. The van der Waals surface area contributed by atoms with Gasteiger partial charge >= 0.3 is 0 Å². The Kier molecular flexibility index (Phi) is 9.83. The Morgan fingerprint density at radius 1 is 1.30 bits per heavy atom. The lowest BCUT2D eigenvalue weighted by molar-refractivity contribution is 0.240. The molecule has 2 N–H and O–H groups in total. The number of guanidine groups is 1. The van der Waals surface area contributed by atoms with E-state index < -0.39 is 0 Å². The van der Waals surface area contributed by atoms with Crippen molar-refractivity contribution < 1.29 is 8.91 Å². The second-order valence-corrected chi connectivity index (χ2v) is 7.98. The highest BCUT2D eigenvalue weighted by Crippen LogP contribution is 2.31. The van der Waals surface area contributed by atoms with Crippen LogP contribution < -0.4 is 10.6 Å². The second kappa shape index (κ2) is 11.9. The number of benzene rings is 1. The third-order valence-electron chi connectivity index (χ3n) is 5.20. The molecule has 2 aromatic rings. The minimum Gasteiger partial charge on any atom is -0.359 e. The van der Waals surface area contributed by atoms with Gasteiger partial charge in [0.15, 0.2) is 11.7 Å². The van der Waals surface area contributed by atoms with E-state index in [9.17, 15) is 4.39 Å². The van der Waals surface area contributed by atoms with Gasteiger partial charge in [0, 0.05) is 30.2 Å². The Morgan fingerprint density at radius 3 is 2.63 bits per heavy atom. The number of hydrogen-bond acceptors (Lipinski definition) is 4. The topological polar surface area (TPSA) is 65.7 Å². The number of hydrogen-bond donors (Lipinski definition) is 2. The van der Waals surface area contributed by atoms with Crippen LogP contribution in [0, 0.1) is 5.82 Å². The van der Waals surface area contributed by atoms with Gasteiger partial charge in [-0.1, -0.05) is 36.7 Å². The van der Waals surface area contributed by atoms with Crippen molar-refractivity contribution in [2.75, 3.05) is 26.7 Å². The molecule has 0 amide bonds. The smallest absolute Gasteiger partial charge is 0.191 e. The lowest BCUT2D eigenvalue weighted by Crippen LogP contribution is -2.42. The molecule has 1 aromatic carbocycles. The SMILES string of the molecule is CN=C(NCc1cc(C(C)C)no1)NCC(c1c(F)cccc1Cl)N1CCCC1.I. The first-order valence-electron chi connectivity index (χ1n) is 10.1. The largest absolute Gasteiger partial charge is 0.359 e. The Bertz CT molecular complexity index is 818. The fraction of sp³-hybridized carbons (Fsp3) is 0.524. The quantitative estimate of drug-likeness (QED) is 0.298. The monoisotopic (exact) mass is 549 g/mol. The summed E-state index contributed by atoms with van der Waals surface area (Å²) in [4.78, 5) is 6.54. The van der Waals surface area contributed by atoms with Gasteiger partial charge in [-0.15, -0.1) is 24.0 Å². The summed E-state index contributed by atoms with van der Waals surface area (Å²) in [6.07, 6.45) is 2.22. The van der Waals surface area contributed by atoms with Crippen LogP contribution in [0.25, 0.3) is 0 Å². The molecule has 166 valence electrons. The molecule has 30 heavy (non-hydrogen) atoms. The summed E-state index contributed by atoms with van der Waals surface area (Å²) in [7, 11) is 1.70. The zero-order valence-corrected chi connectivity index (χ0v) is 20.7. The summed E-state index contributed by atoms with van der Waals surface area (Å²) >= 11 is 6.36. The molecule has 2 heterocycles. The van der Waals surface area contributed by atoms with E-state index in [0.717, 1.165) is 37.4 Å². The maximum atomic E-state index is 14.6. The van der Waals surface area contributed by atoms with Crippen LogP contribution in [-0.4, -0.2) is 42.7 Å². The predicted octanol–water partition coefficient (Wildman–Crippen LogP) is 4.71. The first-order chi connectivity index (χ1) is 14.0. The van der Waals surface area contributed by atoms with Crippen LogP contribution in [0.1, 0.15) is 55.7 Å². The lowest BCUT2D eigenvalue weighted by atomic mass is 10.0. The molecule has 1 unspecified atom stereocenters. The molecule has 0 bridgehead atoms. The first kappa shape index (κ1) is 24.9. The van der Waals surface area contributed by atoms with E-state index in [-0.39, 0.29) is 35.8 Å². The van der Waals surface area contributed by atoms with Crippen LogP contribution in [0.5, 0.6) is 0 Å². The maximum absolute atomic E-state index is 14.6. The second-order valence-electron chi connectivity index (χ2n) is 7.57. The van der Waals surface area contributed by atoms with Gasteiger partial charge in [0.05, 0.1) is 18.3 Å². The third kappa shape index (κ3) is 6.31. The van der Waals surface area contributed by atoms with Gasteiger partial charge in [-0.25, -0.2) is 4.39 Å². The summed E-state index contributed by atoms with van der Waals surface area (Å²) in [6.45, 7) is 6.96. The fourth-order valence-corrected chi connectivity index (χ4v) is 3.85. The van der Waals surface area contributed by atoms with Crippen molar-refractivity contribution >= 4 is 41.5 Å². The molecular weight excluding hydrogens is 520 g/mol. The van der Waals surface area contributed by atoms with Crippen LogP contribution >= 0.6 is 35.6 Å². The summed E-state index contributed by atoms with van der Waals surface area (Å²) in [5.74, 6) is 1.40. The van der Waals surface area contributed by atoms with Crippen molar-refractivity contribution in [3.63, 3.8) is 0 Å². The van der Waals surface area contributed by atoms with Gasteiger partial charge in [-0.2, -0.15) is 0 Å². The summed E-state index contributed by atoms with van der Waals surface area (Å²) in [5.41, 5.74) is 1.46. The number of likely N-dealkylation sites (tertiary alicyclic amines) is 1. The molecular formula is C21H30ClFIN5O. The van der Waals surface area contributed by atoms with Crippen molar-refractivity contribution in [1.29, 1.82) is 0 Å². The average molecular weight is 550 g/mol. The van der Waals surface area contributed by atoms with Crippen LogP contribution in [0.3, 0.4) is 0 Å². The standard InChI is InChI=1S/C21H29ClFN5O.HI/c1-14(2)18-11-15(29-27-18)12-25-21(24-3)26-13-19(28-9-4-5-10-28)20-16(22)7-6-8-17(20)23;/h6-8,11,14,19H,4-5,9-10,12-13H2,1-3H3,(H2,24,25,26);1H. The Morgan fingerprint density at radius 2 is 2.03 bits per heavy atom. The molecule has 3 rings (SSSR count). The highest BCUT2D eigenvalue weighted by atomic mass is 127. The minimum atomic E-state index is -0.276. The van der Waals surface area contributed by atoms with Crippen LogP contribution in [0.4, 0.5) is 4.39 Å². The van der Waals surface area contributed by atoms with Crippen molar-refractivity contribution in [3.05, 3.63) is 52.1 Å². The van der Waals surface area contributed by atoms with Crippen molar-refractivity contribution in [1.82, 2.24) is 20.7 Å². The van der Waals surface area contributed by atoms with Crippen LogP contribution in [-0.2, 0) is 6.54 Å². The first-order valence-corrected chi connectivity index (χ1v) is 10.5. The van der Waals surface area contributed by atoms with Crippen molar-refractivity contribution in [2.24, 2.45) is 4.99 Å². The molecule has 1 aromatic heterocycles. The van der Waals surface area contributed by atoms with E-state index in [1.165, 1.54) is 6.07 Å². The van der Waals surface area contributed by atoms with Crippen LogP contribution in [0.2, 0.25) is 5.02 Å². The zero-order valence-electron chi connectivity index (χ0n) is 17.6. The Labute approximate surface area is 199 Å². The van der Waals surface area contributed by atoms with Gasteiger partial charge < -0.3 is 15.2 Å². The van der Waals surface area contributed by atoms with Crippen LogP contribution in [0.15, 0.2) is 33.8 Å². The van der Waals surface area contributed by atoms with Crippen molar-refractivity contribution in [3.8, 4) is 0 Å². The number of nitrogens with one attached hydrogen (secondary N) is 2. The summed E-state index contributed by atoms with van der Waals surface area (Å²) in [5, 5.41) is 11.1. The van der Waals surface area contributed by atoms with E-state index in [2.05, 4.69) is 39.5 Å². The van der Waals surface area contributed by atoms with Gasteiger partial charge in [0.1, 0.15) is 5.82 Å². The third-order valence-corrected chi connectivity index (χ3v) is 5.53. The summed E-state index contributed by atoms with van der Waals surface area (Å²) < 4.78 is 20.0. The predicted molar refractivity (Wildman–Crippen MR) is 129 cm³/mol. The minimum absolute atomic E-state index is 0. The zero-order chi connectivity index (χ0) is 20.8. The maximum Gasteiger partial charge on any atom is 0.191 e. The van der Waals surface area contributed by atoms with Gasteiger partial charge in [-0.3, -0.25) is 9.89 Å². The number of rotatable bonds is 7. The molecule has 1 fully saturated rings. The van der Waals surface area contributed by atoms with Gasteiger partial charge in [-0.05, 0) is 44.0 Å². The van der Waals surface area contributed by atoms with Crippen molar-refractivity contribution in [2.45, 2.75) is 45.2 Å². The molecule has 6 nitrogen and oxygen atoms in total. The van der Waals surface area contributed by atoms with E-state index >= 15 is 0 Å².